The van der Waals surface area contributed by atoms with E-state index in [1.807, 2.05) is 48.5 Å². The standard InChI is InChI=1S/C32H34N8O2/c41-27-24-10-4-3-9-21(24)11-16-25(27)30(42)33-22-12-14-23(15-13-22)34-31-36-28-26(29(38-31)39-17-5-1-6-18-39)35-32(37-28)40-19-7-2-8-20-40/h3-4,9-16,41H,1-2,5-8,17-20H2,(H,33,42)(H2,34,35,36,37,38)/p+1. The van der Waals surface area contributed by atoms with Crippen LogP contribution in [0, 0.1) is 0 Å². The summed E-state index contributed by atoms with van der Waals surface area (Å²) in [5.41, 5.74) is 3.31. The van der Waals surface area contributed by atoms with Crippen LogP contribution in [0.3, 0.4) is 0 Å². The molecule has 0 spiro atoms. The lowest BCUT2D eigenvalue weighted by Gasteiger charge is -2.26. The van der Waals surface area contributed by atoms with Gasteiger partial charge < -0.3 is 25.2 Å². The van der Waals surface area contributed by atoms with Gasteiger partial charge in [0.2, 0.25) is 17.4 Å². The van der Waals surface area contributed by atoms with Gasteiger partial charge >= 0.3 is 5.95 Å². The number of fused-ring (bicyclic) bond motifs is 2. The monoisotopic (exact) mass is 563 g/mol. The summed E-state index contributed by atoms with van der Waals surface area (Å²) < 4.78 is 0. The van der Waals surface area contributed by atoms with Crippen LogP contribution in [0.5, 0.6) is 5.75 Å². The number of aromatic hydroxyl groups is 1. The summed E-state index contributed by atoms with van der Waals surface area (Å²) >= 11 is 0. The Balaban J connectivity index is 1.12. The van der Waals surface area contributed by atoms with Crippen molar-refractivity contribution in [3.63, 3.8) is 0 Å². The predicted octanol–water partition coefficient (Wildman–Crippen LogP) is 5.61. The molecule has 2 fully saturated rings. The van der Waals surface area contributed by atoms with Crippen molar-refractivity contribution in [3.8, 4) is 5.75 Å². The van der Waals surface area contributed by atoms with Crippen LogP contribution in [0.25, 0.3) is 21.9 Å². The number of amides is 1. The van der Waals surface area contributed by atoms with Gasteiger partial charge in [0.25, 0.3) is 5.91 Å². The Bertz CT molecular complexity index is 1740. The fourth-order valence-corrected chi connectivity index (χ4v) is 5.99. The molecule has 0 aliphatic carbocycles. The highest BCUT2D eigenvalue weighted by molar-refractivity contribution is 6.09. The van der Waals surface area contributed by atoms with Gasteiger partial charge in [-0.05, 0) is 74.2 Å². The Morgan fingerprint density at radius 1 is 0.810 bits per heavy atom. The van der Waals surface area contributed by atoms with Crippen LogP contribution in [0.4, 0.5) is 29.1 Å². The molecule has 0 atom stereocenters. The van der Waals surface area contributed by atoms with Crippen LogP contribution in [0.2, 0.25) is 0 Å². The molecule has 3 aromatic carbocycles. The highest BCUT2D eigenvalue weighted by atomic mass is 16.3. The molecule has 1 amide bonds. The quantitative estimate of drug-likeness (QED) is 0.212. The third-order valence-corrected chi connectivity index (χ3v) is 8.24. The van der Waals surface area contributed by atoms with E-state index in [-0.39, 0.29) is 17.2 Å². The summed E-state index contributed by atoms with van der Waals surface area (Å²) in [5, 5.41) is 18.5. The fraction of sp³-hybridized carbons (Fsp3) is 0.312. The number of anilines is 5. The molecular weight excluding hydrogens is 528 g/mol. The summed E-state index contributed by atoms with van der Waals surface area (Å²) in [6.45, 7) is 4.01. The number of nitrogens with one attached hydrogen (secondary N) is 4. The number of H-pyrrole nitrogens is 2. The van der Waals surface area contributed by atoms with Crippen molar-refractivity contribution in [2.24, 2.45) is 0 Å². The number of phenolic OH excluding ortho intramolecular Hbond substituents is 1. The lowest BCUT2D eigenvalue weighted by atomic mass is 10.0. The number of carbonyl (C=O) groups excluding carboxylic acids is 1. The van der Waals surface area contributed by atoms with Crippen LogP contribution in [0.15, 0.2) is 60.7 Å². The molecule has 0 bridgehead atoms. The van der Waals surface area contributed by atoms with E-state index in [9.17, 15) is 9.90 Å². The largest absolute Gasteiger partial charge is 0.506 e. The van der Waals surface area contributed by atoms with E-state index in [4.69, 9.17) is 9.97 Å². The number of aromatic amines is 2. The van der Waals surface area contributed by atoms with Crippen LogP contribution in [0.1, 0.15) is 48.9 Å². The average molecular weight is 564 g/mol. The summed E-state index contributed by atoms with van der Waals surface area (Å²) in [6.07, 6.45) is 7.21. The topological polar surface area (TPSA) is 124 Å². The molecule has 0 saturated carbocycles. The van der Waals surface area contributed by atoms with Crippen molar-refractivity contribution in [2.75, 3.05) is 46.6 Å². The minimum absolute atomic E-state index is 0.0211. The smallest absolute Gasteiger partial charge is 0.351 e. The molecular formula is C32H35N8O2+. The lowest BCUT2D eigenvalue weighted by Crippen LogP contribution is -2.35. The van der Waals surface area contributed by atoms with E-state index in [0.717, 1.165) is 67.4 Å². The van der Waals surface area contributed by atoms with Crippen LogP contribution in [-0.2, 0) is 0 Å². The Morgan fingerprint density at radius 2 is 1.50 bits per heavy atom. The number of piperidine rings is 2. The Labute approximate surface area is 243 Å². The van der Waals surface area contributed by atoms with Gasteiger partial charge in [-0.3, -0.25) is 10.1 Å². The first-order valence-electron chi connectivity index (χ1n) is 14.8. The van der Waals surface area contributed by atoms with E-state index < -0.39 is 0 Å². The average Bonchev–Trinajstić information content (AvgIpc) is 3.47. The molecule has 10 heteroatoms. The number of nitrogens with zero attached hydrogens (tertiary/aromatic N) is 4. The van der Waals surface area contributed by atoms with Crippen LogP contribution < -0.4 is 25.4 Å². The zero-order valence-corrected chi connectivity index (χ0v) is 23.5. The van der Waals surface area contributed by atoms with Crippen molar-refractivity contribution >= 4 is 56.9 Å². The van der Waals surface area contributed by atoms with Crippen molar-refractivity contribution in [1.82, 2.24) is 15.0 Å². The number of imidazole rings is 1. The first kappa shape index (κ1) is 26.1. The number of carbonyl (C=O) groups is 1. The Hall–Kier alpha value is -4.86. The molecule has 42 heavy (non-hydrogen) atoms. The maximum absolute atomic E-state index is 13.0. The molecule has 0 radical (unpaired) electrons. The van der Waals surface area contributed by atoms with Crippen LogP contribution >= 0.6 is 0 Å². The molecule has 214 valence electrons. The number of hydrogen-bond donors (Lipinski definition) is 4. The minimum Gasteiger partial charge on any atom is -0.506 e. The number of phenols is 1. The molecule has 2 aliphatic heterocycles. The van der Waals surface area contributed by atoms with Crippen molar-refractivity contribution < 1.29 is 14.9 Å². The second kappa shape index (κ2) is 11.2. The third-order valence-electron chi connectivity index (χ3n) is 8.24. The van der Waals surface area contributed by atoms with Gasteiger partial charge in [0.05, 0.1) is 24.3 Å². The van der Waals surface area contributed by atoms with Gasteiger partial charge in [0.1, 0.15) is 5.75 Å². The second-order valence-electron chi connectivity index (χ2n) is 11.1. The fourth-order valence-electron chi connectivity index (χ4n) is 5.99. The maximum Gasteiger partial charge on any atom is 0.351 e. The van der Waals surface area contributed by atoms with Crippen molar-refractivity contribution in [3.05, 3.63) is 66.2 Å². The highest BCUT2D eigenvalue weighted by Crippen LogP contribution is 2.30. The molecule has 5 aromatic rings. The van der Waals surface area contributed by atoms with Gasteiger partial charge in [0.15, 0.2) is 5.52 Å². The van der Waals surface area contributed by atoms with E-state index >= 15 is 0 Å². The van der Waals surface area contributed by atoms with Crippen LogP contribution in [-0.4, -0.2) is 52.1 Å². The molecule has 10 nitrogen and oxygen atoms in total. The molecule has 2 aromatic heterocycles. The highest BCUT2D eigenvalue weighted by Gasteiger charge is 2.26. The molecule has 2 aliphatic rings. The predicted molar refractivity (Wildman–Crippen MR) is 166 cm³/mol. The maximum atomic E-state index is 13.0. The van der Waals surface area contributed by atoms with Gasteiger partial charge in [-0.2, -0.15) is 4.98 Å². The van der Waals surface area contributed by atoms with Crippen molar-refractivity contribution in [1.29, 1.82) is 0 Å². The SMILES string of the molecule is O=C(Nc1ccc(Nc2nc3nc(N4CCCCC4)[nH]c3c(N3CCCCC3)[nH+]2)cc1)c1ccc2ccccc2c1O. The summed E-state index contributed by atoms with van der Waals surface area (Å²) in [6, 6.07) is 18.4. The van der Waals surface area contributed by atoms with E-state index in [1.165, 1.54) is 25.7 Å². The first-order chi connectivity index (χ1) is 20.6. The number of benzene rings is 3. The summed E-state index contributed by atoms with van der Waals surface area (Å²) in [5.74, 6) is 2.12. The van der Waals surface area contributed by atoms with E-state index in [1.54, 1.807) is 12.1 Å². The van der Waals surface area contributed by atoms with Gasteiger partial charge in [-0.15, -0.1) is 0 Å². The summed E-state index contributed by atoms with van der Waals surface area (Å²) in [7, 11) is 0. The normalized spacial score (nSPS) is 15.7. The number of hydrogen-bond acceptors (Lipinski definition) is 7. The third kappa shape index (κ3) is 5.15. The van der Waals surface area contributed by atoms with E-state index in [2.05, 4.69) is 30.4 Å². The first-order valence-corrected chi connectivity index (χ1v) is 14.8. The molecule has 7 rings (SSSR count). The van der Waals surface area contributed by atoms with Gasteiger partial charge in [-0.1, -0.05) is 35.3 Å². The van der Waals surface area contributed by atoms with Crippen molar-refractivity contribution in [2.45, 2.75) is 38.5 Å². The minimum atomic E-state index is -0.367. The number of aromatic nitrogens is 4. The zero-order chi connectivity index (χ0) is 28.5. The van der Waals surface area contributed by atoms with Gasteiger partial charge in [0, 0.05) is 24.2 Å². The molecule has 5 N–H and O–H groups in total. The van der Waals surface area contributed by atoms with E-state index in [0.29, 0.717) is 22.7 Å². The second-order valence-corrected chi connectivity index (χ2v) is 11.1. The molecule has 0 unspecified atom stereocenters. The molecule has 2 saturated heterocycles. The Morgan fingerprint density at radius 3 is 2.26 bits per heavy atom. The zero-order valence-electron chi connectivity index (χ0n) is 23.5. The Kier molecular flexibility index (Phi) is 6.95. The molecule has 4 heterocycles. The van der Waals surface area contributed by atoms with Gasteiger partial charge in [-0.25, -0.2) is 4.98 Å². The number of rotatable bonds is 6. The lowest BCUT2D eigenvalue weighted by molar-refractivity contribution is -0.349. The summed E-state index contributed by atoms with van der Waals surface area (Å²) in [4.78, 5) is 34.5.